The van der Waals surface area contributed by atoms with Crippen LogP contribution in [0.25, 0.3) is 0 Å². The predicted octanol–water partition coefficient (Wildman–Crippen LogP) is 5.11. The quantitative estimate of drug-likeness (QED) is 0.298. The summed E-state index contributed by atoms with van der Waals surface area (Å²) in [7, 11) is -2.70. The third kappa shape index (κ3) is 7.50. The van der Waals surface area contributed by atoms with Gasteiger partial charge in [0.05, 0.1) is 17.7 Å². The number of anilines is 1. The molecule has 224 valence electrons. The lowest BCUT2D eigenvalue weighted by molar-refractivity contribution is -0.139. The fourth-order valence-electron chi connectivity index (χ4n) is 5.49. The number of aryl methyl sites for hydroxylation is 1. The second-order valence-electron chi connectivity index (χ2n) is 10.7. The highest BCUT2D eigenvalue weighted by molar-refractivity contribution is 7.92. The summed E-state index contributed by atoms with van der Waals surface area (Å²) in [5.41, 5.74) is 2.10. The van der Waals surface area contributed by atoms with E-state index in [1.165, 1.54) is 19.2 Å². The number of nitrogens with one attached hydrogen (secondary N) is 1. The molecule has 3 aromatic carbocycles. The average Bonchev–Trinajstić information content (AvgIpc) is 3.51. The van der Waals surface area contributed by atoms with Gasteiger partial charge in [-0.25, -0.2) is 8.42 Å². The Balaban J connectivity index is 1.71. The molecule has 1 aliphatic carbocycles. The monoisotopic (exact) mass is 591 g/mol. The van der Waals surface area contributed by atoms with Gasteiger partial charge in [-0.2, -0.15) is 0 Å². The maximum Gasteiger partial charge on any atom is 0.264 e. The van der Waals surface area contributed by atoms with E-state index < -0.39 is 28.5 Å². The van der Waals surface area contributed by atoms with E-state index >= 15 is 0 Å². The van der Waals surface area contributed by atoms with Crippen LogP contribution in [0, 0.1) is 6.92 Å². The number of carbonyl (C=O) groups excluding carboxylic acids is 2. The van der Waals surface area contributed by atoms with Gasteiger partial charge in [-0.05, 0) is 68.0 Å². The smallest absolute Gasteiger partial charge is 0.264 e. The Kier molecular flexibility index (Phi) is 10.6. The standard InChI is InChI=1S/C33H41N3O5S/c1-4-29(33(38)34-27-15-11-12-16-27)35(22-21-26-13-7-5-8-14-26)32(37)24-36(30-23-25(2)19-20-31(30)41-3)42(39,40)28-17-9-6-10-18-28/h5-10,13-14,17-20,23,27,29H,4,11-12,15-16,21-22,24H2,1-3H3,(H,34,38). The minimum absolute atomic E-state index is 0.0585. The highest BCUT2D eigenvalue weighted by atomic mass is 32.2. The van der Waals surface area contributed by atoms with E-state index in [0.717, 1.165) is 41.1 Å². The van der Waals surface area contributed by atoms with Crippen molar-refractivity contribution in [3.8, 4) is 5.75 Å². The lowest BCUT2D eigenvalue weighted by Crippen LogP contribution is -2.54. The summed E-state index contributed by atoms with van der Waals surface area (Å²) in [6, 6.07) is 22.4. The van der Waals surface area contributed by atoms with Gasteiger partial charge in [0.25, 0.3) is 10.0 Å². The average molecular weight is 592 g/mol. The number of ether oxygens (including phenoxy) is 1. The lowest BCUT2D eigenvalue weighted by atomic mass is 10.1. The number of hydrogen-bond donors (Lipinski definition) is 1. The van der Waals surface area contributed by atoms with Crippen LogP contribution in [0.3, 0.4) is 0 Å². The van der Waals surface area contributed by atoms with Crippen LogP contribution in [0.4, 0.5) is 5.69 Å². The number of rotatable bonds is 13. The zero-order chi connectivity index (χ0) is 30.1. The van der Waals surface area contributed by atoms with Gasteiger partial charge < -0.3 is 15.0 Å². The Bertz CT molecular complexity index is 1440. The summed E-state index contributed by atoms with van der Waals surface area (Å²) in [5, 5.41) is 3.15. The molecule has 0 aromatic heterocycles. The van der Waals surface area contributed by atoms with E-state index in [1.54, 1.807) is 35.2 Å². The largest absolute Gasteiger partial charge is 0.495 e. The molecule has 1 aliphatic rings. The van der Waals surface area contributed by atoms with Crippen LogP contribution in [0.2, 0.25) is 0 Å². The zero-order valence-corrected chi connectivity index (χ0v) is 25.5. The summed E-state index contributed by atoms with van der Waals surface area (Å²) < 4.78 is 34.8. The van der Waals surface area contributed by atoms with Crippen LogP contribution < -0.4 is 14.4 Å². The number of methoxy groups -OCH3 is 1. The van der Waals surface area contributed by atoms with Gasteiger partial charge in [-0.3, -0.25) is 13.9 Å². The summed E-state index contributed by atoms with van der Waals surface area (Å²) >= 11 is 0. The molecular formula is C33H41N3O5S. The first-order valence-electron chi connectivity index (χ1n) is 14.6. The summed E-state index contributed by atoms with van der Waals surface area (Å²) in [4.78, 5) is 29.4. The summed E-state index contributed by atoms with van der Waals surface area (Å²) in [6.45, 7) is 3.51. The summed E-state index contributed by atoms with van der Waals surface area (Å²) in [5.74, 6) is -0.325. The van der Waals surface area contributed by atoms with E-state index in [4.69, 9.17) is 4.74 Å². The summed E-state index contributed by atoms with van der Waals surface area (Å²) in [6.07, 6.45) is 4.93. The first-order chi connectivity index (χ1) is 20.2. The number of nitrogens with zero attached hydrogens (tertiary/aromatic N) is 2. The van der Waals surface area contributed by atoms with Crippen LogP contribution in [-0.4, -0.2) is 57.4 Å². The highest BCUT2D eigenvalue weighted by Gasteiger charge is 2.35. The van der Waals surface area contributed by atoms with Crippen molar-refractivity contribution in [3.05, 3.63) is 90.0 Å². The number of sulfonamides is 1. The van der Waals surface area contributed by atoms with E-state index in [-0.39, 0.29) is 29.1 Å². The molecule has 1 N–H and O–H groups in total. The Morgan fingerprint density at radius 2 is 1.62 bits per heavy atom. The van der Waals surface area contributed by atoms with Crippen molar-refractivity contribution in [3.63, 3.8) is 0 Å². The van der Waals surface area contributed by atoms with Crippen molar-refractivity contribution in [2.24, 2.45) is 0 Å². The zero-order valence-electron chi connectivity index (χ0n) is 24.7. The number of carbonyl (C=O) groups is 2. The molecule has 4 rings (SSSR count). The SMILES string of the molecule is CCC(C(=O)NC1CCCC1)N(CCc1ccccc1)C(=O)CN(c1cc(C)ccc1OC)S(=O)(=O)c1ccccc1. The van der Waals surface area contributed by atoms with Crippen LogP contribution in [-0.2, 0) is 26.0 Å². The van der Waals surface area contributed by atoms with E-state index in [1.807, 2.05) is 50.2 Å². The van der Waals surface area contributed by atoms with Crippen LogP contribution in [0.15, 0.2) is 83.8 Å². The van der Waals surface area contributed by atoms with Gasteiger partial charge in [0, 0.05) is 12.6 Å². The molecular weight excluding hydrogens is 550 g/mol. The van der Waals surface area contributed by atoms with Crippen molar-refractivity contribution >= 4 is 27.5 Å². The van der Waals surface area contributed by atoms with Crippen molar-refractivity contribution in [1.29, 1.82) is 0 Å². The minimum Gasteiger partial charge on any atom is -0.495 e. The lowest BCUT2D eigenvalue weighted by Gasteiger charge is -2.34. The molecule has 1 unspecified atom stereocenters. The maximum atomic E-state index is 14.3. The minimum atomic E-state index is -4.17. The Hall–Kier alpha value is -3.85. The number of hydrogen-bond acceptors (Lipinski definition) is 5. The third-order valence-electron chi connectivity index (χ3n) is 7.78. The van der Waals surface area contributed by atoms with Gasteiger partial charge >= 0.3 is 0 Å². The molecule has 0 bridgehead atoms. The maximum absolute atomic E-state index is 14.3. The fourth-order valence-corrected chi connectivity index (χ4v) is 6.93. The van der Waals surface area contributed by atoms with Crippen LogP contribution >= 0.6 is 0 Å². The molecule has 1 atom stereocenters. The first-order valence-corrected chi connectivity index (χ1v) is 16.0. The molecule has 9 heteroatoms. The Labute approximate surface area is 249 Å². The first kappa shape index (κ1) is 31.1. The van der Waals surface area contributed by atoms with Crippen molar-refractivity contribution in [2.45, 2.75) is 69.4 Å². The molecule has 0 heterocycles. The molecule has 2 amide bonds. The van der Waals surface area contributed by atoms with Crippen LogP contribution in [0.5, 0.6) is 5.75 Å². The number of benzene rings is 3. The molecule has 1 fully saturated rings. The molecule has 0 saturated heterocycles. The topological polar surface area (TPSA) is 96.0 Å². The van der Waals surface area contributed by atoms with Crippen molar-refractivity contribution in [1.82, 2.24) is 10.2 Å². The second kappa shape index (κ2) is 14.4. The fraction of sp³-hybridized carbons (Fsp3) is 0.394. The predicted molar refractivity (Wildman–Crippen MR) is 165 cm³/mol. The molecule has 42 heavy (non-hydrogen) atoms. The van der Waals surface area contributed by atoms with Gasteiger partial charge in [0.2, 0.25) is 11.8 Å². The Morgan fingerprint density at radius 3 is 2.24 bits per heavy atom. The molecule has 0 spiro atoms. The van der Waals surface area contributed by atoms with E-state index in [9.17, 15) is 18.0 Å². The van der Waals surface area contributed by atoms with Gasteiger partial charge in [-0.1, -0.05) is 74.4 Å². The van der Waals surface area contributed by atoms with Crippen molar-refractivity contribution in [2.75, 3.05) is 24.5 Å². The normalized spacial score (nSPS) is 14.3. The van der Waals surface area contributed by atoms with E-state index in [0.29, 0.717) is 18.6 Å². The molecule has 1 saturated carbocycles. The van der Waals surface area contributed by atoms with E-state index in [2.05, 4.69) is 5.32 Å². The van der Waals surface area contributed by atoms with Crippen LogP contribution in [0.1, 0.15) is 50.2 Å². The Morgan fingerprint density at radius 1 is 0.976 bits per heavy atom. The highest BCUT2D eigenvalue weighted by Crippen LogP contribution is 2.33. The molecule has 0 aliphatic heterocycles. The second-order valence-corrected chi connectivity index (χ2v) is 12.6. The van der Waals surface area contributed by atoms with Gasteiger partial charge in [0.1, 0.15) is 18.3 Å². The molecule has 0 radical (unpaired) electrons. The molecule has 3 aromatic rings. The van der Waals surface area contributed by atoms with Gasteiger partial charge in [-0.15, -0.1) is 0 Å². The van der Waals surface area contributed by atoms with Crippen molar-refractivity contribution < 1.29 is 22.7 Å². The van der Waals surface area contributed by atoms with Gasteiger partial charge in [0.15, 0.2) is 0 Å². The third-order valence-corrected chi connectivity index (χ3v) is 9.56. The molecule has 8 nitrogen and oxygen atoms in total. The number of amides is 2.